The molecule has 1 aromatic rings. The van der Waals surface area contributed by atoms with E-state index in [9.17, 15) is 0 Å². The summed E-state index contributed by atoms with van der Waals surface area (Å²) in [6, 6.07) is 3.00. The van der Waals surface area contributed by atoms with Crippen molar-refractivity contribution < 1.29 is 0 Å². The van der Waals surface area contributed by atoms with Crippen molar-refractivity contribution in [2.75, 3.05) is 13.1 Å². The average Bonchev–Trinajstić information content (AvgIpc) is 2.70. The molecule has 15 heavy (non-hydrogen) atoms. The van der Waals surface area contributed by atoms with Crippen molar-refractivity contribution >= 4 is 11.3 Å². The minimum Gasteiger partial charge on any atom is -0.296 e. The van der Waals surface area contributed by atoms with E-state index in [-0.39, 0.29) is 0 Å². The van der Waals surface area contributed by atoms with Crippen LogP contribution in [0.25, 0.3) is 0 Å². The summed E-state index contributed by atoms with van der Waals surface area (Å²) in [5.74, 6) is 0.782. The Morgan fingerprint density at radius 2 is 2.33 bits per heavy atom. The predicted octanol–water partition coefficient (Wildman–Crippen LogP) is 3.93. The van der Waals surface area contributed by atoms with E-state index in [2.05, 4.69) is 35.6 Å². The molecule has 2 heteroatoms. The second-order valence-electron chi connectivity index (χ2n) is 4.96. The summed E-state index contributed by atoms with van der Waals surface area (Å²) in [7, 11) is 0. The van der Waals surface area contributed by atoms with E-state index in [0.717, 1.165) is 5.92 Å². The fourth-order valence-corrected chi connectivity index (χ4v) is 3.23. The van der Waals surface area contributed by atoms with Crippen molar-refractivity contribution in [3.63, 3.8) is 0 Å². The highest BCUT2D eigenvalue weighted by Crippen LogP contribution is 2.32. The molecule has 0 saturated carbocycles. The Morgan fingerprint density at radius 1 is 1.47 bits per heavy atom. The number of hydrogen-bond donors (Lipinski definition) is 0. The van der Waals surface area contributed by atoms with Crippen LogP contribution in [-0.4, -0.2) is 18.0 Å². The van der Waals surface area contributed by atoms with Crippen LogP contribution in [0.5, 0.6) is 0 Å². The fraction of sp³-hybridized carbons (Fsp3) is 0.692. The quantitative estimate of drug-likeness (QED) is 0.750. The second kappa shape index (κ2) is 5.13. The Bertz CT molecular complexity index is 279. The summed E-state index contributed by atoms with van der Waals surface area (Å²) in [6.07, 6.45) is 4.13. The minimum atomic E-state index is 0.701. The summed E-state index contributed by atoms with van der Waals surface area (Å²) in [5.41, 5.74) is 1.54. The third-order valence-corrected chi connectivity index (χ3v) is 3.84. The van der Waals surface area contributed by atoms with Crippen LogP contribution in [0, 0.1) is 5.92 Å². The molecule has 0 aliphatic carbocycles. The first-order chi connectivity index (χ1) is 7.27. The molecule has 0 amide bonds. The van der Waals surface area contributed by atoms with E-state index in [4.69, 9.17) is 0 Å². The van der Waals surface area contributed by atoms with Gasteiger partial charge in [-0.05, 0) is 47.7 Å². The molecule has 1 saturated heterocycles. The molecule has 1 aromatic heterocycles. The van der Waals surface area contributed by atoms with Gasteiger partial charge in [0.05, 0.1) is 0 Å². The standard InChI is InChI=1S/C13H21NS/c1-11(2)9-14-7-4-3-5-13(14)12-6-8-15-10-12/h6,8,10-11,13H,3-5,7,9H2,1-2H3/t13-/m1/s1. The molecule has 1 nitrogen and oxygen atoms in total. The van der Waals surface area contributed by atoms with Gasteiger partial charge in [0.2, 0.25) is 0 Å². The van der Waals surface area contributed by atoms with E-state index in [1.165, 1.54) is 32.4 Å². The van der Waals surface area contributed by atoms with E-state index in [1.54, 1.807) is 5.56 Å². The molecule has 1 fully saturated rings. The first-order valence-corrected chi connectivity index (χ1v) is 6.98. The maximum absolute atomic E-state index is 2.68. The van der Waals surface area contributed by atoms with Crippen LogP contribution >= 0.6 is 11.3 Å². The molecule has 0 bridgehead atoms. The lowest BCUT2D eigenvalue weighted by Gasteiger charge is -2.36. The minimum absolute atomic E-state index is 0.701. The number of hydrogen-bond acceptors (Lipinski definition) is 2. The van der Waals surface area contributed by atoms with E-state index in [1.807, 2.05) is 11.3 Å². The maximum atomic E-state index is 2.68. The van der Waals surface area contributed by atoms with Crippen molar-refractivity contribution in [3.05, 3.63) is 22.4 Å². The van der Waals surface area contributed by atoms with Gasteiger partial charge in [-0.1, -0.05) is 20.3 Å². The molecule has 0 unspecified atom stereocenters. The Morgan fingerprint density at radius 3 is 3.00 bits per heavy atom. The lowest BCUT2D eigenvalue weighted by atomic mass is 9.96. The summed E-state index contributed by atoms with van der Waals surface area (Å²) < 4.78 is 0. The van der Waals surface area contributed by atoms with Crippen molar-refractivity contribution in [1.82, 2.24) is 4.90 Å². The predicted molar refractivity (Wildman–Crippen MR) is 67.3 cm³/mol. The Hall–Kier alpha value is -0.340. The van der Waals surface area contributed by atoms with Gasteiger partial charge in [-0.3, -0.25) is 4.90 Å². The lowest BCUT2D eigenvalue weighted by molar-refractivity contribution is 0.132. The molecule has 0 aromatic carbocycles. The molecule has 84 valence electrons. The zero-order valence-electron chi connectivity index (χ0n) is 9.78. The van der Waals surface area contributed by atoms with E-state index in [0.29, 0.717) is 6.04 Å². The molecular weight excluding hydrogens is 202 g/mol. The molecule has 0 N–H and O–H groups in total. The van der Waals surface area contributed by atoms with Crippen LogP contribution in [0.1, 0.15) is 44.7 Å². The molecule has 2 heterocycles. The van der Waals surface area contributed by atoms with Crippen molar-refractivity contribution in [2.24, 2.45) is 5.92 Å². The van der Waals surface area contributed by atoms with Crippen LogP contribution in [0.4, 0.5) is 0 Å². The van der Waals surface area contributed by atoms with Gasteiger partial charge < -0.3 is 0 Å². The third-order valence-electron chi connectivity index (χ3n) is 3.14. The molecular formula is C13H21NS. The monoisotopic (exact) mass is 223 g/mol. The number of rotatable bonds is 3. The number of piperidine rings is 1. The zero-order valence-corrected chi connectivity index (χ0v) is 10.6. The summed E-state index contributed by atoms with van der Waals surface area (Å²) in [5, 5.41) is 4.53. The Kier molecular flexibility index (Phi) is 3.81. The van der Waals surface area contributed by atoms with Crippen LogP contribution in [0.2, 0.25) is 0 Å². The first-order valence-electron chi connectivity index (χ1n) is 6.03. The van der Waals surface area contributed by atoms with Crippen LogP contribution in [0.3, 0.4) is 0 Å². The van der Waals surface area contributed by atoms with Crippen LogP contribution < -0.4 is 0 Å². The Balaban J connectivity index is 2.06. The van der Waals surface area contributed by atoms with Crippen LogP contribution in [-0.2, 0) is 0 Å². The van der Waals surface area contributed by atoms with Gasteiger partial charge in [0.15, 0.2) is 0 Å². The summed E-state index contributed by atoms with van der Waals surface area (Å²) >= 11 is 1.83. The van der Waals surface area contributed by atoms with E-state index >= 15 is 0 Å². The average molecular weight is 223 g/mol. The van der Waals surface area contributed by atoms with Crippen molar-refractivity contribution in [2.45, 2.75) is 39.2 Å². The molecule has 1 atom stereocenters. The van der Waals surface area contributed by atoms with Gasteiger partial charge in [0, 0.05) is 12.6 Å². The largest absolute Gasteiger partial charge is 0.296 e. The maximum Gasteiger partial charge on any atom is 0.0356 e. The lowest BCUT2D eigenvalue weighted by Crippen LogP contribution is -2.35. The van der Waals surface area contributed by atoms with Gasteiger partial charge in [-0.2, -0.15) is 11.3 Å². The second-order valence-corrected chi connectivity index (χ2v) is 5.74. The van der Waals surface area contributed by atoms with Gasteiger partial charge in [-0.15, -0.1) is 0 Å². The topological polar surface area (TPSA) is 3.24 Å². The molecule has 1 aliphatic heterocycles. The van der Waals surface area contributed by atoms with Crippen molar-refractivity contribution in [3.8, 4) is 0 Å². The number of thiophene rings is 1. The van der Waals surface area contributed by atoms with E-state index < -0.39 is 0 Å². The number of likely N-dealkylation sites (tertiary alicyclic amines) is 1. The highest BCUT2D eigenvalue weighted by Gasteiger charge is 2.24. The van der Waals surface area contributed by atoms with Crippen LogP contribution in [0.15, 0.2) is 16.8 Å². The van der Waals surface area contributed by atoms with Gasteiger partial charge >= 0.3 is 0 Å². The third kappa shape index (κ3) is 2.82. The van der Waals surface area contributed by atoms with Gasteiger partial charge in [0.1, 0.15) is 0 Å². The SMILES string of the molecule is CC(C)CN1CCCC[C@@H]1c1ccsc1. The highest BCUT2D eigenvalue weighted by atomic mass is 32.1. The molecule has 0 spiro atoms. The fourth-order valence-electron chi connectivity index (χ4n) is 2.52. The first kappa shape index (κ1) is 11.2. The van der Waals surface area contributed by atoms with Gasteiger partial charge in [0.25, 0.3) is 0 Å². The summed E-state index contributed by atoms with van der Waals surface area (Å²) in [4.78, 5) is 2.68. The molecule has 1 aliphatic rings. The Labute approximate surface area is 97.1 Å². The molecule has 0 radical (unpaired) electrons. The smallest absolute Gasteiger partial charge is 0.0356 e. The number of nitrogens with zero attached hydrogens (tertiary/aromatic N) is 1. The highest BCUT2D eigenvalue weighted by molar-refractivity contribution is 7.07. The molecule has 2 rings (SSSR count). The zero-order chi connectivity index (χ0) is 10.7. The van der Waals surface area contributed by atoms with Crippen molar-refractivity contribution in [1.29, 1.82) is 0 Å². The normalized spacial score (nSPS) is 23.5. The van der Waals surface area contributed by atoms with Gasteiger partial charge in [-0.25, -0.2) is 0 Å². The summed E-state index contributed by atoms with van der Waals surface area (Å²) in [6.45, 7) is 7.18.